The molecule has 1 aliphatic carbocycles. The number of nitrogens with zero attached hydrogens (tertiary/aromatic N) is 3. The minimum Gasteiger partial charge on any atom is -0.370 e. The molecule has 5 nitrogen and oxygen atoms in total. The van der Waals surface area contributed by atoms with Crippen molar-refractivity contribution in [3.8, 4) is 0 Å². The fourth-order valence-electron chi connectivity index (χ4n) is 3.00. The van der Waals surface area contributed by atoms with Gasteiger partial charge in [-0.05, 0) is 52.6 Å². The Morgan fingerprint density at radius 1 is 1.14 bits per heavy atom. The van der Waals surface area contributed by atoms with E-state index in [1.807, 2.05) is 0 Å². The second kappa shape index (κ2) is 6.18. The van der Waals surface area contributed by atoms with Crippen LogP contribution in [0.2, 0.25) is 0 Å². The van der Waals surface area contributed by atoms with Gasteiger partial charge in [0.1, 0.15) is 17.5 Å². The molecule has 1 aliphatic heterocycles. The fraction of sp³-hybridized carbons (Fsp3) is 0.750. The molecule has 1 atom stereocenters. The van der Waals surface area contributed by atoms with E-state index in [2.05, 4.69) is 36.4 Å². The first-order valence-electron chi connectivity index (χ1n) is 8.22. The summed E-state index contributed by atoms with van der Waals surface area (Å²) in [5, 5.41) is 6.95. The van der Waals surface area contributed by atoms with Crippen LogP contribution in [0.1, 0.15) is 43.5 Å². The minimum absolute atomic E-state index is 0.584. The van der Waals surface area contributed by atoms with Gasteiger partial charge in [0.05, 0.1) is 0 Å². The first kappa shape index (κ1) is 14.6. The van der Waals surface area contributed by atoms with Crippen LogP contribution in [0.3, 0.4) is 0 Å². The maximum absolute atomic E-state index is 4.78. The van der Waals surface area contributed by atoms with Crippen molar-refractivity contribution in [3.05, 3.63) is 11.4 Å². The number of hydrogen-bond donors (Lipinski definition) is 2. The smallest absolute Gasteiger partial charge is 0.136 e. The minimum atomic E-state index is 0.584. The molecule has 3 rings (SSSR count). The summed E-state index contributed by atoms with van der Waals surface area (Å²) in [6.45, 7) is 8.53. The Balaban J connectivity index is 1.72. The molecule has 1 saturated carbocycles. The van der Waals surface area contributed by atoms with Crippen LogP contribution in [0.25, 0.3) is 0 Å². The highest BCUT2D eigenvalue weighted by Crippen LogP contribution is 2.39. The lowest BCUT2D eigenvalue weighted by atomic mass is 10.1. The van der Waals surface area contributed by atoms with Crippen molar-refractivity contribution in [2.45, 2.75) is 39.0 Å². The van der Waals surface area contributed by atoms with Crippen LogP contribution in [-0.4, -0.2) is 48.1 Å². The van der Waals surface area contributed by atoms with Gasteiger partial charge in [-0.15, -0.1) is 0 Å². The van der Waals surface area contributed by atoms with E-state index in [4.69, 9.17) is 9.97 Å². The van der Waals surface area contributed by atoms with Gasteiger partial charge in [0.15, 0.2) is 0 Å². The molecule has 0 aromatic carbocycles. The van der Waals surface area contributed by atoms with Crippen LogP contribution >= 0.6 is 0 Å². The fourth-order valence-corrected chi connectivity index (χ4v) is 3.00. The first-order chi connectivity index (χ1) is 10.2. The van der Waals surface area contributed by atoms with E-state index in [1.54, 1.807) is 0 Å². The van der Waals surface area contributed by atoms with Gasteiger partial charge < -0.3 is 15.5 Å². The number of nitrogens with one attached hydrogen (secondary N) is 2. The highest BCUT2D eigenvalue weighted by atomic mass is 15.1. The van der Waals surface area contributed by atoms with E-state index in [9.17, 15) is 0 Å². The molecule has 0 amide bonds. The Morgan fingerprint density at radius 2 is 1.86 bits per heavy atom. The van der Waals surface area contributed by atoms with E-state index < -0.39 is 0 Å². The maximum Gasteiger partial charge on any atom is 0.136 e. The van der Waals surface area contributed by atoms with Crippen molar-refractivity contribution in [2.24, 2.45) is 5.92 Å². The number of hydrogen-bond acceptors (Lipinski definition) is 5. The second-order valence-corrected chi connectivity index (χ2v) is 6.51. The molecule has 2 fully saturated rings. The van der Waals surface area contributed by atoms with Gasteiger partial charge in [0, 0.05) is 31.1 Å². The predicted octanol–water partition coefficient (Wildman–Crippen LogP) is 2.46. The van der Waals surface area contributed by atoms with Crippen LogP contribution in [-0.2, 0) is 0 Å². The Kier molecular flexibility index (Phi) is 4.29. The lowest BCUT2D eigenvalue weighted by Crippen LogP contribution is -2.20. The van der Waals surface area contributed by atoms with E-state index >= 15 is 0 Å². The average Bonchev–Trinajstić information content (AvgIpc) is 3.23. The summed E-state index contributed by atoms with van der Waals surface area (Å²) in [6, 6.07) is 0. The van der Waals surface area contributed by atoms with Gasteiger partial charge in [-0.25, -0.2) is 9.97 Å². The van der Waals surface area contributed by atoms with Crippen molar-refractivity contribution in [3.63, 3.8) is 0 Å². The average molecular weight is 289 g/mol. The molecule has 5 heteroatoms. The highest BCUT2D eigenvalue weighted by molar-refractivity contribution is 5.57. The molecule has 1 unspecified atom stereocenters. The molecular formula is C16H27N5. The number of aromatic nitrogens is 2. The van der Waals surface area contributed by atoms with Crippen LogP contribution in [0.5, 0.6) is 0 Å². The van der Waals surface area contributed by atoms with Crippen molar-refractivity contribution in [2.75, 3.05) is 43.9 Å². The molecule has 0 radical (unpaired) electrons. The van der Waals surface area contributed by atoms with Crippen molar-refractivity contribution in [1.29, 1.82) is 0 Å². The molecule has 21 heavy (non-hydrogen) atoms. The summed E-state index contributed by atoms with van der Waals surface area (Å²) in [7, 11) is 2.20. The summed E-state index contributed by atoms with van der Waals surface area (Å²) in [5.41, 5.74) is 1.15. The Hall–Kier alpha value is -1.36. The Morgan fingerprint density at radius 3 is 2.43 bits per heavy atom. The van der Waals surface area contributed by atoms with Gasteiger partial charge in [0.2, 0.25) is 0 Å². The monoisotopic (exact) mass is 289 g/mol. The summed E-state index contributed by atoms with van der Waals surface area (Å²) >= 11 is 0. The molecule has 116 valence electrons. The lowest BCUT2D eigenvalue weighted by molar-refractivity contribution is 0.399. The lowest BCUT2D eigenvalue weighted by Gasteiger charge is -2.17. The van der Waals surface area contributed by atoms with E-state index in [0.717, 1.165) is 42.0 Å². The summed E-state index contributed by atoms with van der Waals surface area (Å²) in [5.74, 6) is 4.36. The van der Waals surface area contributed by atoms with E-state index in [1.165, 1.54) is 32.4 Å². The number of likely N-dealkylation sites (tertiary alicyclic amines) is 1. The number of rotatable bonds is 6. The topological polar surface area (TPSA) is 53.1 Å². The van der Waals surface area contributed by atoms with E-state index in [0.29, 0.717) is 5.92 Å². The molecule has 1 saturated heterocycles. The van der Waals surface area contributed by atoms with Crippen molar-refractivity contribution < 1.29 is 0 Å². The van der Waals surface area contributed by atoms with Crippen molar-refractivity contribution >= 4 is 11.6 Å². The third-order valence-electron chi connectivity index (χ3n) is 4.50. The van der Waals surface area contributed by atoms with E-state index in [-0.39, 0.29) is 0 Å². The van der Waals surface area contributed by atoms with Gasteiger partial charge >= 0.3 is 0 Å². The largest absolute Gasteiger partial charge is 0.370 e. The normalized spacial score (nSPS) is 22.5. The van der Waals surface area contributed by atoms with Crippen molar-refractivity contribution in [1.82, 2.24) is 14.9 Å². The summed E-state index contributed by atoms with van der Waals surface area (Å²) in [4.78, 5) is 11.9. The van der Waals surface area contributed by atoms with Crippen LogP contribution in [0.15, 0.2) is 0 Å². The standard InChI is InChI=1S/C16H27N5/c1-4-17-14-11(2)15(20-16(19-14)13-5-6-13)18-9-12-7-8-21(3)10-12/h12-13H,4-10H2,1-3H3,(H2,17,18,19,20). The van der Waals surface area contributed by atoms with Gasteiger partial charge in [-0.1, -0.05) is 0 Å². The Bertz CT molecular complexity index is 498. The predicted molar refractivity (Wildman–Crippen MR) is 87.0 cm³/mol. The quantitative estimate of drug-likeness (QED) is 0.842. The third kappa shape index (κ3) is 3.46. The molecule has 2 heterocycles. The van der Waals surface area contributed by atoms with Crippen LogP contribution in [0, 0.1) is 12.8 Å². The second-order valence-electron chi connectivity index (χ2n) is 6.51. The van der Waals surface area contributed by atoms with Gasteiger partial charge in [-0.2, -0.15) is 0 Å². The summed E-state index contributed by atoms with van der Waals surface area (Å²) in [6.07, 6.45) is 3.76. The third-order valence-corrected chi connectivity index (χ3v) is 4.50. The molecule has 2 aliphatic rings. The van der Waals surface area contributed by atoms with Crippen LogP contribution in [0.4, 0.5) is 11.6 Å². The number of anilines is 2. The molecule has 0 spiro atoms. The van der Waals surface area contributed by atoms with Gasteiger partial charge in [-0.3, -0.25) is 0 Å². The molecule has 1 aromatic rings. The highest BCUT2D eigenvalue weighted by Gasteiger charge is 2.28. The SMILES string of the molecule is CCNc1nc(C2CC2)nc(NCC2CCN(C)C2)c1C. The maximum atomic E-state index is 4.78. The molecule has 2 N–H and O–H groups in total. The Labute approximate surface area is 127 Å². The summed E-state index contributed by atoms with van der Waals surface area (Å²) < 4.78 is 0. The zero-order valence-corrected chi connectivity index (χ0v) is 13.4. The zero-order valence-electron chi connectivity index (χ0n) is 13.4. The molecule has 0 bridgehead atoms. The molecule has 1 aromatic heterocycles. The molecular weight excluding hydrogens is 262 g/mol. The first-order valence-corrected chi connectivity index (χ1v) is 8.22. The zero-order chi connectivity index (χ0) is 14.8. The van der Waals surface area contributed by atoms with Crippen LogP contribution < -0.4 is 10.6 Å². The van der Waals surface area contributed by atoms with Gasteiger partial charge in [0.25, 0.3) is 0 Å².